The summed E-state index contributed by atoms with van der Waals surface area (Å²) in [6.07, 6.45) is 8.26. The fourth-order valence-electron chi connectivity index (χ4n) is 7.31. The Balaban J connectivity index is 1.19. The molecule has 0 bridgehead atoms. The van der Waals surface area contributed by atoms with Gasteiger partial charge >= 0.3 is 0 Å². The number of ether oxygens (including phenoxy) is 1. The lowest BCUT2D eigenvalue weighted by Crippen LogP contribution is -2.34. The van der Waals surface area contributed by atoms with Crippen molar-refractivity contribution in [2.24, 2.45) is 17.8 Å². The fraction of sp³-hybridized carbons (Fsp3) is 0.405. The maximum Gasteiger partial charge on any atom is 0.238 e. The van der Waals surface area contributed by atoms with Gasteiger partial charge in [-0.25, -0.2) is 0 Å². The van der Waals surface area contributed by atoms with Crippen molar-refractivity contribution >= 4 is 35.0 Å². The van der Waals surface area contributed by atoms with Crippen molar-refractivity contribution in [3.63, 3.8) is 0 Å². The maximum atomic E-state index is 14.0. The van der Waals surface area contributed by atoms with Gasteiger partial charge in [0, 0.05) is 17.3 Å². The summed E-state index contributed by atoms with van der Waals surface area (Å²) in [5.74, 6) is 0.354. The quantitative estimate of drug-likeness (QED) is 0.164. The lowest BCUT2D eigenvalue weighted by molar-refractivity contribution is -0.122. The minimum atomic E-state index is -0.379. The Labute approximate surface area is 259 Å². The average molecular weight is 595 g/mol. The zero-order valence-corrected chi connectivity index (χ0v) is 25.6. The van der Waals surface area contributed by atoms with Crippen LogP contribution in [-0.2, 0) is 20.9 Å². The van der Waals surface area contributed by atoms with Gasteiger partial charge in [0.2, 0.25) is 11.8 Å². The third-order valence-corrected chi connectivity index (χ3v) is 9.23. The van der Waals surface area contributed by atoms with E-state index in [4.69, 9.17) is 9.15 Å². The van der Waals surface area contributed by atoms with Crippen LogP contribution in [0.4, 0.5) is 17.1 Å². The molecule has 2 aliphatic heterocycles. The van der Waals surface area contributed by atoms with Crippen molar-refractivity contribution in [2.75, 3.05) is 16.8 Å². The van der Waals surface area contributed by atoms with Crippen molar-refractivity contribution in [1.82, 2.24) is 0 Å². The highest BCUT2D eigenvalue weighted by molar-refractivity contribution is 6.22. The largest absolute Gasteiger partial charge is 0.459 e. The molecule has 2 N–H and O–H groups in total. The van der Waals surface area contributed by atoms with Crippen LogP contribution in [0.1, 0.15) is 70.3 Å². The number of aliphatic hydroxyl groups is 1. The summed E-state index contributed by atoms with van der Waals surface area (Å²) in [6.45, 7) is 4.71. The van der Waals surface area contributed by atoms with Gasteiger partial charge in [-0.2, -0.15) is 0 Å². The summed E-state index contributed by atoms with van der Waals surface area (Å²) in [7, 11) is 0. The first kappa shape index (κ1) is 30.1. The molecule has 4 atom stereocenters. The SMILES string of the molecule is CCCC1=C2[C@@H](CC/C(=C/c3ccc(CO)o3)CCC)OC[C@@H]2[C@@H]2C(=O)N(c3ccc(Nc4ccccc4)cc3)C(=O)[C@@H]2C1. The van der Waals surface area contributed by atoms with E-state index in [2.05, 4.69) is 25.2 Å². The van der Waals surface area contributed by atoms with Crippen LogP contribution in [0.2, 0.25) is 0 Å². The molecule has 44 heavy (non-hydrogen) atoms. The summed E-state index contributed by atoms with van der Waals surface area (Å²) >= 11 is 0. The molecule has 2 aromatic carbocycles. The van der Waals surface area contributed by atoms with E-state index in [9.17, 15) is 14.7 Å². The number of allylic oxidation sites excluding steroid dienone is 2. The van der Waals surface area contributed by atoms with Gasteiger partial charge in [0.05, 0.1) is 30.2 Å². The summed E-state index contributed by atoms with van der Waals surface area (Å²) in [5.41, 5.74) is 6.37. The van der Waals surface area contributed by atoms with Crippen molar-refractivity contribution < 1.29 is 23.8 Å². The minimum Gasteiger partial charge on any atom is -0.459 e. The second-order valence-electron chi connectivity index (χ2n) is 12.2. The van der Waals surface area contributed by atoms with Crippen LogP contribution in [-0.4, -0.2) is 29.6 Å². The van der Waals surface area contributed by atoms with Gasteiger partial charge in [0.15, 0.2) is 0 Å². The molecule has 6 rings (SSSR count). The molecule has 1 aliphatic carbocycles. The maximum absolute atomic E-state index is 14.0. The number of hydrogen-bond donors (Lipinski definition) is 2. The van der Waals surface area contributed by atoms with E-state index in [1.54, 1.807) is 6.07 Å². The average Bonchev–Trinajstić information content (AvgIpc) is 3.74. The Bertz CT molecular complexity index is 1540. The number of aliphatic hydroxyl groups excluding tert-OH is 1. The number of hydrogen-bond acceptors (Lipinski definition) is 6. The smallest absolute Gasteiger partial charge is 0.238 e. The molecule has 2 fully saturated rings. The van der Waals surface area contributed by atoms with Crippen molar-refractivity contribution in [3.8, 4) is 0 Å². The molecule has 0 spiro atoms. The number of nitrogens with zero attached hydrogens (tertiary/aromatic N) is 1. The van der Waals surface area contributed by atoms with E-state index >= 15 is 0 Å². The topological polar surface area (TPSA) is 92.0 Å². The van der Waals surface area contributed by atoms with Gasteiger partial charge in [-0.15, -0.1) is 0 Å². The Kier molecular flexibility index (Phi) is 9.14. The standard InChI is InChI=1S/C37H42N2O5/c1-3-8-24(20-29-17-18-30(22-40)44-29)12-19-33-34-25(9-4-2)21-31-35(32(34)23-43-33)37(42)39(36(31)41)28-15-13-27(14-16-28)38-26-10-6-5-7-11-26/h5-7,10-11,13-18,20,31-33,35,38,40H,3-4,8-9,12,19,21-23H2,1-2H3/b24-20+/t31-,32+,33-,35-/m1/s1. The van der Waals surface area contributed by atoms with Crippen LogP contribution in [0.3, 0.4) is 0 Å². The number of fused-ring (bicyclic) bond motifs is 3. The Morgan fingerprint density at radius 2 is 1.70 bits per heavy atom. The molecule has 0 saturated carbocycles. The number of carbonyl (C=O) groups excluding carboxylic acids is 2. The number of nitrogens with one attached hydrogen (secondary N) is 1. The van der Waals surface area contributed by atoms with E-state index in [-0.39, 0.29) is 42.3 Å². The molecule has 3 aliphatic rings. The minimum absolute atomic E-state index is 0.0485. The van der Waals surface area contributed by atoms with E-state index in [1.165, 1.54) is 21.6 Å². The van der Waals surface area contributed by atoms with Crippen molar-refractivity contribution in [1.29, 1.82) is 0 Å². The van der Waals surface area contributed by atoms with Crippen LogP contribution >= 0.6 is 0 Å². The molecule has 2 saturated heterocycles. The predicted molar refractivity (Wildman–Crippen MR) is 172 cm³/mol. The molecule has 7 heteroatoms. The Hall–Kier alpha value is -3.94. The summed E-state index contributed by atoms with van der Waals surface area (Å²) in [4.78, 5) is 29.2. The number of anilines is 3. The van der Waals surface area contributed by atoms with Crippen molar-refractivity contribution in [2.45, 2.75) is 71.5 Å². The van der Waals surface area contributed by atoms with Gasteiger partial charge in [-0.1, -0.05) is 56.0 Å². The summed E-state index contributed by atoms with van der Waals surface area (Å²) < 4.78 is 12.2. The number of imide groups is 1. The number of furan rings is 1. The number of rotatable bonds is 12. The molecule has 3 heterocycles. The first-order chi connectivity index (χ1) is 21.5. The predicted octanol–water partition coefficient (Wildman–Crippen LogP) is 7.80. The molecule has 1 aromatic heterocycles. The van der Waals surface area contributed by atoms with Crippen LogP contribution in [0.5, 0.6) is 0 Å². The highest BCUT2D eigenvalue weighted by Gasteiger charge is 2.57. The molecule has 3 aromatic rings. The third kappa shape index (κ3) is 6.04. The molecule has 230 valence electrons. The van der Waals surface area contributed by atoms with Crippen LogP contribution in [0, 0.1) is 17.8 Å². The van der Waals surface area contributed by atoms with E-state index in [0.29, 0.717) is 24.5 Å². The molecule has 0 radical (unpaired) electrons. The van der Waals surface area contributed by atoms with Crippen molar-refractivity contribution in [3.05, 3.63) is 95.0 Å². The number of carbonyl (C=O) groups is 2. The lowest BCUT2D eigenvalue weighted by atomic mass is 9.68. The second kappa shape index (κ2) is 13.4. The molecule has 7 nitrogen and oxygen atoms in total. The van der Waals surface area contributed by atoms with Gasteiger partial charge in [0.1, 0.15) is 18.1 Å². The molecular weight excluding hydrogens is 552 g/mol. The van der Waals surface area contributed by atoms with Gasteiger partial charge < -0.3 is 19.6 Å². The van der Waals surface area contributed by atoms with Gasteiger partial charge in [-0.05, 0) is 92.3 Å². The first-order valence-corrected chi connectivity index (χ1v) is 16.0. The molecular formula is C37H42N2O5. The highest BCUT2D eigenvalue weighted by atomic mass is 16.5. The van der Waals surface area contributed by atoms with E-state index in [0.717, 1.165) is 55.7 Å². The second-order valence-corrected chi connectivity index (χ2v) is 12.2. The zero-order chi connectivity index (χ0) is 30.6. The summed E-state index contributed by atoms with van der Waals surface area (Å²) in [6, 6.07) is 21.2. The van der Waals surface area contributed by atoms with Gasteiger partial charge in [-0.3, -0.25) is 14.5 Å². The number of benzene rings is 2. The first-order valence-electron chi connectivity index (χ1n) is 16.0. The van der Waals surface area contributed by atoms with Crippen LogP contribution < -0.4 is 10.2 Å². The van der Waals surface area contributed by atoms with Gasteiger partial charge in [0.25, 0.3) is 0 Å². The van der Waals surface area contributed by atoms with E-state index in [1.807, 2.05) is 60.7 Å². The summed E-state index contributed by atoms with van der Waals surface area (Å²) in [5, 5.41) is 12.7. The lowest BCUT2D eigenvalue weighted by Gasteiger charge is -2.32. The van der Waals surface area contributed by atoms with Crippen LogP contribution in [0.25, 0.3) is 6.08 Å². The number of amides is 2. The molecule has 0 unspecified atom stereocenters. The Morgan fingerprint density at radius 3 is 2.41 bits per heavy atom. The normalized spacial score (nSPS) is 23.3. The van der Waals surface area contributed by atoms with Crippen LogP contribution in [0.15, 0.2) is 87.9 Å². The highest BCUT2D eigenvalue weighted by Crippen LogP contribution is 2.51. The third-order valence-electron chi connectivity index (χ3n) is 9.23. The number of para-hydroxylation sites is 1. The Morgan fingerprint density at radius 1 is 0.932 bits per heavy atom. The monoisotopic (exact) mass is 594 g/mol. The fourth-order valence-corrected chi connectivity index (χ4v) is 7.31. The van der Waals surface area contributed by atoms with E-state index < -0.39 is 0 Å². The zero-order valence-electron chi connectivity index (χ0n) is 25.6. The molecule has 2 amide bonds.